The molecule has 0 amide bonds. The first-order valence-electron chi connectivity index (χ1n) is 4.97. The molecular weight excluding hydrogens is 220 g/mol. The lowest BCUT2D eigenvalue weighted by Crippen LogP contribution is -1.98. The van der Waals surface area contributed by atoms with E-state index < -0.39 is 4.92 Å². The van der Waals surface area contributed by atoms with Crippen molar-refractivity contribution in [3.63, 3.8) is 0 Å². The van der Waals surface area contributed by atoms with Gasteiger partial charge in [-0.2, -0.15) is 0 Å². The molecule has 0 aliphatic rings. The van der Waals surface area contributed by atoms with Crippen LogP contribution in [-0.2, 0) is 0 Å². The van der Waals surface area contributed by atoms with Gasteiger partial charge in [0, 0.05) is 19.3 Å². The van der Waals surface area contributed by atoms with Gasteiger partial charge < -0.3 is 5.32 Å². The Labute approximate surface area is 97.5 Å². The first kappa shape index (κ1) is 11.0. The van der Waals surface area contributed by atoms with E-state index in [-0.39, 0.29) is 5.69 Å². The second-order valence-electron chi connectivity index (χ2n) is 3.29. The fourth-order valence-electron chi connectivity index (χ4n) is 1.45. The van der Waals surface area contributed by atoms with E-state index in [1.807, 2.05) is 0 Å². The summed E-state index contributed by atoms with van der Waals surface area (Å²) in [7, 11) is 1.73. The highest BCUT2D eigenvalue weighted by Crippen LogP contribution is 2.26. The van der Waals surface area contributed by atoms with Gasteiger partial charge in [-0.3, -0.25) is 10.1 Å². The lowest BCUT2D eigenvalue weighted by atomic mass is 10.1. The Morgan fingerprint density at radius 2 is 2.06 bits per heavy atom. The Balaban J connectivity index is 2.56. The summed E-state index contributed by atoms with van der Waals surface area (Å²) in [6.45, 7) is 0. The highest BCUT2D eigenvalue weighted by Gasteiger charge is 2.16. The van der Waals surface area contributed by atoms with Gasteiger partial charge in [-0.05, 0) is 12.1 Å². The van der Waals surface area contributed by atoms with Crippen molar-refractivity contribution in [1.29, 1.82) is 0 Å². The zero-order valence-electron chi connectivity index (χ0n) is 9.12. The van der Waals surface area contributed by atoms with Crippen LogP contribution in [0, 0.1) is 10.1 Å². The van der Waals surface area contributed by atoms with Crippen molar-refractivity contribution in [2.45, 2.75) is 0 Å². The zero-order chi connectivity index (χ0) is 12.3. The Morgan fingerprint density at radius 3 is 2.76 bits per heavy atom. The predicted molar refractivity (Wildman–Crippen MR) is 63.7 cm³/mol. The van der Waals surface area contributed by atoms with E-state index in [0.717, 1.165) is 0 Å². The lowest BCUT2D eigenvalue weighted by Gasteiger charge is -2.03. The highest BCUT2D eigenvalue weighted by molar-refractivity contribution is 5.68. The molecule has 86 valence electrons. The second-order valence-corrected chi connectivity index (χ2v) is 3.29. The lowest BCUT2D eigenvalue weighted by molar-refractivity contribution is -0.384. The first-order valence-corrected chi connectivity index (χ1v) is 4.97. The van der Waals surface area contributed by atoms with Crippen LogP contribution in [0.4, 0.5) is 11.5 Å². The topological polar surface area (TPSA) is 81.0 Å². The average Bonchev–Trinajstić information content (AvgIpc) is 2.39. The van der Waals surface area contributed by atoms with Crippen molar-refractivity contribution < 1.29 is 4.92 Å². The van der Waals surface area contributed by atoms with Crippen molar-refractivity contribution in [1.82, 2.24) is 9.97 Å². The van der Waals surface area contributed by atoms with Gasteiger partial charge in [0.05, 0.1) is 10.5 Å². The molecule has 1 aromatic heterocycles. The van der Waals surface area contributed by atoms with Crippen molar-refractivity contribution in [2.75, 3.05) is 12.4 Å². The Hall–Kier alpha value is -2.50. The molecule has 0 unspecified atom stereocenters. The number of hydrogen-bond acceptors (Lipinski definition) is 5. The molecule has 0 saturated heterocycles. The van der Waals surface area contributed by atoms with Crippen LogP contribution >= 0.6 is 0 Å². The maximum Gasteiger partial charge on any atom is 0.280 e. The Morgan fingerprint density at radius 1 is 1.29 bits per heavy atom. The number of aromatic nitrogens is 2. The number of hydrogen-bond donors (Lipinski definition) is 1. The summed E-state index contributed by atoms with van der Waals surface area (Å²) >= 11 is 0. The molecule has 1 aromatic carbocycles. The number of nitro benzene ring substituents is 1. The quantitative estimate of drug-likeness (QED) is 0.645. The van der Waals surface area contributed by atoms with Gasteiger partial charge in [-0.1, -0.05) is 12.1 Å². The van der Waals surface area contributed by atoms with E-state index in [1.54, 1.807) is 37.5 Å². The SMILES string of the molecule is CNc1ccnc(-c2ccccc2[N+](=O)[O-])n1. The largest absolute Gasteiger partial charge is 0.373 e. The normalized spacial score (nSPS) is 9.94. The van der Waals surface area contributed by atoms with Crippen molar-refractivity contribution in [3.8, 4) is 11.4 Å². The number of nitrogens with zero attached hydrogens (tertiary/aromatic N) is 3. The van der Waals surface area contributed by atoms with Crippen LogP contribution < -0.4 is 5.32 Å². The van der Waals surface area contributed by atoms with E-state index in [9.17, 15) is 10.1 Å². The summed E-state index contributed by atoms with van der Waals surface area (Å²) in [6, 6.07) is 8.09. The van der Waals surface area contributed by atoms with Crippen molar-refractivity contribution in [3.05, 3.63) is 46.6 Å². The van der Waals surface area contributed by atoms with Gasteiger partial charge in [0.1, 0.15) is 5.82 Å². The number of nitrogens with one attached hydrogen (secondary N) is 1. The Kier molecular flexibility index (Phi) is 2.95. The average molecular weight is 230 g/mol. The standard InChI is InChI=1S/C11H10N4O2/c1-12-10-6-7-13-11(14-10)8-4-2-3-5-9(8)15(16)17/h2-7H,1H3,(H,12,13,14). The molecule has 2 rings (SSSR count). The van der Waals surface area contributed by atoms with Gasteiger partial charge in [-0.25, -0.2) is 9.97 Å². The molecule has 0 aliphatic heterocycles. The fourth-order valence-corrected chi connectivity index (χ4v) is 1.45. The van der Waals surface area contributed by atoms with Crippen LogP contribution in [0.25, 0.3) is 11.4 Å². The molecule has 6 heteroatoms. The molecule has 2 aromatic rings. The van der Waals surface area contributed by atoms with E-state index in [1.165, 1.54) is 6.07 Å². The van der Waals surface area contributed by atoms with E-state index in [2.05, 4.69) is 15.3 Å². The van der Waals surface area contributed by atoms with Gasteiger partial charge >= 0.3 is 0 Å². The summed E-state index contributed by atoms with van der Waals surface area (Å²) in [5.74, 6) is 0.956. The van der Waals surface area contributed by atoms with E-state index in [4.69, 9.17) is 0 Å². The third-order valence-electron chi connectivity index (χ3n) is 2.25. The van der Waals surface area contributed by atoms with Gasteiger partial charge in [-0.15, -0.1) is 0 Å². The maximum atomic E-state index is 10.9. The van der Waals surface area contributed by atoms with Gasteiger partial charge in [0.15, 0.2) is 5.82 Å². The molecule has 0 radical (unpaired) electrons. The number of nitro groups is 1. The van der Waals surface area contributed by atoms with Crippen LogP contribution in [0.1, 0.15) is 0 Å². The van der Waals surface area contributed by atoms with Crippen molar-refractivity contribution >= 4 is 11.5 Å². The predicted octanol–water partition coefficient (Wildman–Crippen LogP) is 2.09. The van der Waals surface area contributed by atoms with Crippen molar-refractivity contribution in [2.24, 2.45) is 0 Å². The summed E-state index contributed by atoms with van der Waals surface area (Å²) in [5.41, 5.74) is 0.412. The van der Waals surface area contributed by atoms with Crippen LogP contribution in [0.2, 0.25) is 0 Å². The summed E-state index contributed by atoms with van der Waals surface area (Å²) in [4.78, 5) is 18.7. The summed E-state index contributed by atoms with van der Waals surface area (Å²) in [6.07, 6.45) is 1.56. The maximum absolute atomic E-state index is 10.9. The molecule has 1 heterocycles. The molecule has 1 N–H and O–H groups in total. The van der Waals surface area contributed by atoms with Crippen LogP contribution in [0.5, 0.6) is 0 Å². The van der Waals surface area contributed by atoms with E-state index in [0.29, 0.717) is 17.2 Å². The molecule has 0 fully saturated rings. The third-order valence-corrected chi connectivity index (χ3v) is 2.25. The summed E-state index contributed by atoms with van der Waals surface area (Å²) in [5, 5.41) is 13.7. The molecule has 0 atom stereocenters. The first-order chi connectivity index (χ1) is 8.22. The minimum Gasteiger partial charge on any atom is -0.373 e. The molecule has 0 aliphatic carbocycles. The van der Waals surface area contributed by atoms with Crippen LogP contribution in [0.15, 0.2) is 36.5 Å². The third kappa shape index (κ3) is 2.20. The molecule has 0 spiro atoms. The second kappa shape index (κ2) is 4.56. The minimum atomic E-state index is -0.440. The van der Waals surface area contributed by atoms with E-state index >= 15 is 0 Å². The highest BCUT2D eigenvalue weighted by atomic mass is 16.6. The number of benzene rings is 1. The Bertz CT molecular complexity index is 557. The monoisotopic (exact) mass is 230 g/mol. The number of para-hydroxylation sites is 1. The molecular formula is C11H10N4O2. The summed E-state index contributed by atoms with van der Waals surface area (Å²) < 4.78 is 0. The fraction of sp³-hybridized carbons (Fsp3) is 0.0909. The number of anilines is 1. The van der Waals surface area contributed by atoms with Crippen LogP contribution in [0.3, 0.4) is 0 Å². The molecule has 6 nitrogen and oxygen atoms in total. The molecule has 0 saturated carbocycles. The van der Waals surface area contributed by atoms with Gasteiger partial charge in [0.2, 0.25) is 0 Å². The zero-order valence-corrected chi connectivity index (χ0v) is 9.12. The van der Waals surface area contributed by atoms with Gasteiger partial charge in [0.25, 0.3) is 5.69 Å². The van der Waals surface area contributed by atoms with Crippen LogP contribution in [-0.4, -0.2) is 21.9 Å². The minimum absolute atomic E-state index is 0.000697. The molecule has 0 bridgehead atoms. The smallest absolute Gasteiger partial charge is 0.280 e. The number of rotatable bonds is 3. The molecule has 17 heavy (non-hydrogen) atoms.